The summed E-state index contributed by atoms with van der Waals surface area (Å²) in [5.74, 6) is -0.301. The second-order valence-electron chi connectivity index (χ2n) is 5.01. The number of carboxylic acids is 1. The highest BCUT2D eigenvalue weighted by Gasteiger charge is 2.10. The minimum Gasteiger partial charge on any atom is -0.489 e. The lowest BCUT2D eigenvalue weighted by molar-refractivity contribution is 0.0697. The summed E-state index contributed by atoms with van der Waals surface area (Å²) in [6.45, 7) is 3.97. The van der Waals surface area contributed by atoms with E-state index in [1.807, 2.05) is 25.1 Å². The molecule has 0 radical (unpaired) electrons. The Morgan fingerprint density at radius 1 is 1.19 bits per heavy atom. The summed E-state index contributed by atoms with van der Waals surface area (Å²) in [7, 11) is 0. The van der Waals surface area contributed by atoms with Crippen LogP contribution in [0, 0.1) is 6.92 Å². The highest BCUT2D eigenvalue weighted by atomic mass is 16.5. The zero-order chi connectivity index (χ0) is 15.4. The first kappa shape index (κ1) is 15.1. The van der Waals surface area contributed by atoms with Crippen molar-refractivity contribution in [2.45, 2.75) is 26.6 Å². The maximum absolute atomic E-state index is 10.8. The number of carboxylic acid groups (broad SMARTS) is 1. The molecule has 0 saturated heterocycles. The first-order valence-electron chi connectivity index (χ1n) is 6.71. The molecular formula is C17H18O4. The molecule has 0 aliphatic carbocycles. The second kappa shape index (κ2) is 6.41. The van der Waals surface area contributed by atoms with Gasteiger partial charge in [0.05, 0.1) is 11.7 Å². The molecule has 0 heterocycles. The SMILES string of the molecule is Cc1ccc([C@H](C)O)c(OCc2ccc(C(=O)O)cc2)c1. The van der Waals surface area contributed by atoms with Crippen molar-refractivity contribution in [3.8, 4) is 5.75 Å². The van der Waals surface area contributed by atoms with Crippen LogP contribution in [-0.4, -0.2) is 16.2 Å². The molecule has 0 amide bonds. The zero-order valence-corrected chi connectivity index (χ0v) is 12.0. The smallest absolute Gasteiger partial charge is 0.335 e. The maximum Gasteiger partial charge on any atom is 0.335 e. The van der Waals surface area contributed by atoms with Gasteiger partial charge in [-0.3, -0.25) is 0 Å². The molecule has 2 aromatic rings. The van der Waals surface area contributed by atoms with E-state index in [4.69, 9.17) is 9.84 Å². The fraction of sp³-hybridized carbons (Fsp3) is 0.235. The van der Waals surface area contributed by atoms with Gasteiger partial charge >= 0.3 is 5.97 Å². The number of aliphatic hydroxyl groups excluding tert-OH is 1. The topological polar surface area (TPSA) is 66.8 Å². The Morgan fingerprint density at radius 3 is 2.43 bits per heavy atom. The van der Waals surface area contributed by atoms with Gasteiger partial charge in [0.15, 0.2) is 0 Å². The van der Waals surface area contributed by atoms with E-state index in [0.29, 0.717) is 12.4 Å². The van der Waals surface area contributed by atoms with Crippen molar-refractivity contribution in [3.63, 3.8) is 0 Å². The largest absolute Gasteiger partial charge is 0.489 e. The number of aliphatic hydroxyl groups is 1. The molecule has 0 aliphatic rings. The summed E-state index contributed by atoms with van der Waals surface area (Å²) in [4.78, 5) is 10.8. The van der Waals surface area contributed by atoms with E-state index in [2.05, 4.69) is 0 Å². The van der Waals surface area contributed by atoms with Crippen LogP contribution < -0.4 is 4.74 Å². The summed E-state index contributed by atoms with van der Waals surface area (Å²) in [5.41, 5.74) is 2.91. The van der Waals surface area contributed by atoms with Gasteiger partial charge in [0.2, 0.25) is 0 Å². The number of carbonyl (C=O) groups is 1. The summed E-state index contributed by atoms with van der Waals surface area (Å²) in [6.07, 6.45) is -0.602. The molecule has 0 aromatic heterocycles. The highest BCUT2D eigenvalue weighted by molar-refractivity contribution is 5.87. The predicted molar refractivity (Wildman–Crippen MR) is 79.5 cm³/mol. The molecule has 110 valence electrons. The molecule has 4 heteroatoms. The van der Waals surface area contributed by atoms with Crippen LogP contribution in [0.1, 0.15) is 40.1 Å². The third-order valence-corrected chi connectivity index (χ3v) is 3.21. The average molecular weight is 286 g/mol. The van der Waals surface area contributed by atoms with Crippen molar-refractivity contribution < 1.29 is 19.7 Å². The lowest BCUT2D eigenvalue weighted by Gasteiger charge is -2.14. The van der Waals surface area contributed by atoms with E-state index < -0.39 is 12.1 Å². The molecule has 21 heavy (non-hydrogen) atoms. The summed E-state index contributed by atoms with van der Waals surface area (Å²) >= 11 is 0. The Labute approximate surface area is 123 Å². The van der Waals surface area contributed by atoms with Crippen molar-refractivity contribution in [2.75, 3.05) is 0 Å². The van der Waals surface area contributed by atoms with E-state index in [0.717, 1.165) is 16.7 Å². The van der Waals surface area contributed by atoms with Crippen molar-refractivity contribution in [2.24, 2.45) is 0 Å². The van der Waals surface area contributed by atoms with Gasteiger partial charge in [-0.2, -0.15) is 0 Å². The number of benzene rings is 2. The molecule has 0 aliphatic heterocycles. The number of hydrogen-bond donors (Lipinski definition) is 2. The molecule has 0 spiro atoms. The number of aryl methyl sites for hydroxylation is 1. The van der Waals surface area contributed by atoms with E-state index in [1.54, 1.807) is 31.2 Å². The lowest BCUT2D eigenvalue weighted by atomic mass is 10.1. The van der Waals surface area contributed by atoms with Crippen LogP contribution in [0.4, 0.5) is 0 Å². The second-order valence-corrected chi connectivity index (χ2v) is 5.01. The van der Waals surface area contributed by atoms with E-state index >= 15 is 0 Å². The Bertz CT molecular complexity index is 630. The summed E-state index contributed by atoms with van der Waals surface area (Å²) < 4.78 is 5.76. The van der Waals surface area contributed by atoms with Gasteiger partial charge in [0, 0.05) is 5.56 Å². The Balaban J connectivity index is 2.12. The van der Waals surface area contributed by atoms with Crippen LogP contribution >= 0.6 is 0 Å². The van der Waals surface area contributed by atoms with Gasteiger partial charge in [-0.25, -0.2) is 4.79 Å². The van der Waals surface area contributed by atoms with E-state index in [9.17, 15) is 9.90 Å². The Kier molecular flexibility index (Phi) is 4.60. The maximum atomic E-state index is 10.8. The van der Waals surface area contributed by atoms with Crippen molar-refractivity contribution in [3.05, 3.63) is 64.7 Å². The molecule has 4 nitrogen and oxygen atoms in total. The number of rotatable bonds is 5. The van der Waals surface area contributed by atoms with Crippen molar-refractivity contribution in [1.82, 2.24) is 0 Å². The van der Waals surface area contributed by atoms with Crippen molar-refractivity contribution >= 4 is 5.97 Å². The molecule has 0 saturated carbocycles. The van der Waals surface area contributed by atoms with Crippen LogP contribution in [-0.2, 0) is 6.61 Å². The molecule has 0 bridgehead atoms. The molecular weight excluding hydrogens is 268 g/mol. The third kappa shape index (κ3) is 3.83. The van der Waals surface area contributed by atoms with Gasteiger partial charge in [0.1, 0.15) is 12.4 Å². The van der Waals surface area contributed by atoms with E-state index in [1.165, 1.54) is 0 Å². The van der Waals surface area contributed by atoms with Gasteiger partial charge in [-0.05, 0) is 43.2 Å². The first-order chi connectivity index (χ1) is 9.97. The van der Waals surface area contributed by atoms with Crippen LogP contribution in [0.15, 0.2) is 42.5 Å². The number of aromatic carboxylic acids is 1. The van der Waals surface area contributed by atoms with Gasteiger partial charge in [-0.1, -0.05) is 24.3 Å². The Morgan fingerprint density at radius 2 is 1.86 bits per heavy atom. The fourth-order valence-corrected chi connectivity index (χ4v) is 2.02. The van der Waals surface area contributed by atoms with Crippen LogP contribution in [0.25, 0.3) is 0 Å². The average Bonchev–Trinajstić information content (AvgIpc) is 2.45. The van der Waals surface area contributed by atoms with Crippen LogP contribution in [0.3, 0.4) is 0 Å². The molecule has 2 rings (SSSR count). The van der Waals surface area contributed by atoms with E-state index in [-0.39, 0.29) is 5.56 Å². The minimum atomic E-state index is -0.947. The zero-order valence-electron chi connectivity index (χ0n) is 12.0. The molecule has 1 atom stereocenters. The van der Waals surface area contributed by atoms with Crippen LogP contribution in [0.2, 0.25) is 0 Å². The third-order valence-electron chi connectivity index (χ3n) is 3.21. The highest BCUT2D eigenvalue weighted by Crippen LogP contribution is 2.27. The normalized spacial score (nSPS) is 12.0. The van der Waals surface area contributed by atoms with Gasteiger partial charge < -0.3 is 14.9 Å². The quantitative estimate of drug-likeness (QED) is 0.884. The Hall–Kier alpha value is -2.33. The molecule has 0 unspecified atom stereocenters. The van der Waals surface area contributed by atoms with Gasteiger partial charge in [-0.15, -0.1) is 0 Å². The molecule has 0 fully saturated rings. The molecule has 2 aromatic carbocycles. The monoisotopic (exact) mass is 286 g/mol. The molecule has 2 N–H and O–H groups in total. The standard InChI is InChI=1S/C17H18O4/c1-11-3-8-15(12(2)18)16(9-11)21-10-13-4-6-14(7-5-13)17(19)20/h3-9,12,18H,10H2,1-2H3,(H,19,20)/t12-/m0/s1. The van der Waals surface area contributed by atoms with Gasteiger partial charge in [0.25, 0.3) is 0 Å². The fourth-order valence-electron chi connectivity index (χ4n) is 2.02. The number of ether oxygens (including phenoxy) is 1. The lowest BCUT2D eigenvalue weighted by Crippen LogP contribution is -2.02. The summed E-state index contributed by atoms with van der Waals surface area (Å²) in [5, 5.41) is 18.6. The predicted octanol–water partition coefficient (Wildman–Crippen LogP) is 3.33. The van der Waals surface area contributed by atoms with Crippen LogP contribution in [0.5, 0.6) is 5.75 Å². The minimum absolute atomic E-state index is 0.249. The summed E-state index contributed by atoms with van der Waals surface area (Å²) in [6, 6.07) is 12.2. The number of hydrogen-bond acceptors (Lipinski definition) is 3. The first-order valence-corrected chi connectivity index (χ1v) is 6.71. The van der Waals surface area contributed by atoms with Crippen molar-refractivity contribution in [1.29, 1.82) is 0 Å².